The summed E-state index contributed by atoms with van der Waals surface area (Å²) in [5.74, 6) is -1.43. The Morgan fingerprint density at radius 2 is 2.08 bits per heavy atom. The molecule has 0 aliphatic rings. The monoisotopic (exact) mass is 360 g/mol. The van der Waals surface area contributed by atoms with E-state index in [9.17, 15) is 22.4 Å². The van der Waals surface area contributed by atoms with Crippen LogP contribution < -0.4 is 4.74 Å². The number of esters is 1. The van der Waals surface area contributed by atoms with Gasteiger partial charge in [0, 0.05) is 12.6 Å². The average molecular weight is 360 g/mol. The minimum Gasteiger partial charge on any atom is -0.490 e. The SMILES string of the molecule is CCn1ncc(C(=O)OC(C)COc2cccc(F)c2)c1C(F)(F)F. The number of carbonyl (C=O) groups is 1. The summed E-state index contributed by atoms with van der Waals surface area (Å²) in [6.07, 6.45) is -4.75. The lowest BCUT2D eigenvalue weighted by atomic mass is 10.2. The van der Waals surface area contributed by atoms with Crippen molar-refractivity contribution in [2.75, 3.05) is 6.61 Å². The number of benzene rings is 1. The van der Waals surface area contributed by atoms with Crippen molar-refractivity contribution in [3.8, 4) is 5.75 Å². The third kappa shape index (κ3) is 4.71. The largest absolute Gasteiger partial charge is 0.490 e. The molecular formula is C16H16F4N2O3. The summed E-state index contributed by atoms with van der Waals surface area (Å²) in [5, 5.41) is 3.56. The summed E-state index contributed by atoms with van der Waals surface area (Å²) in [4.78, 5) is 12.0. The van der Waals surface area contributed by atoms with Crippen LogP contribution in [-0.4, -0.2) is 28.5 Å². The molecule has 5 nitrogen and oxygen atoms in total. The topological polar surface area (TPSA) is 53.4 Å². The lowest BCUT2D eigenvalue weighted by molar-refractivity contribution is -0.144. The van der Waals surface area contributed by atoms with Gasteiger partial charge in [0.25, 0.3) is 0 Å². The van der Waals surface area contributed by atoms with Crippen LogP contribution in [0.5, 0.6) is 5.75 Å². The lowest BCUT2D eigenvalue weighted by Gasteiger charge is -2.15. The van der Waals surface area contributed by atoms with Crippen molar-refractivity contribution in [3.63, 3.8) is 0 Å². The Hall–Kier alpha value is -2.58. The summed E-state index contributed by atoms with van der Waals surface area (Å²) in [6.45, 7) is 2.75. The highest BCUT2D eigenvalue weighted by Gasteiger charge is 2.40. The van der Waals surface area contributed by atoms with Gasteiger partial charge in [-0.25, -0.2) is 9.18 Å². The highest BCUT2D eigenvalue weighted by atomic mass is 19.4. The number of ether oxygens (including phenoxy) is 2. The molecule has 0 aliphatic carbocycles. The highest BCUT2D eigenvalue weighted by Crippen LogP contribution is 2.32. The lowest BCUT2D eigenvalue weighted by Crippen LogP contribution is -2.24. The number of aryl methyl sites for hydroxylation is 1. The molecule has 0 bridgehead atoms. The Balaban J connectivity index is 2.03. The van der Waals surface area contributed by atoms with E-state index in [-0.39, 0.29) is 18.9 Å². The van der Waals surface area contributed by atoms with Crippen LogP contribution in [0.1, 0.15) is 29.9 Å². The minimum absolute atomic E-state index is 0.0413. The molecule has 25 heavy (non-hydrogen) atoms. The molecule has 0 amide bonds. The maximum Gasteiger partial charge on any atom is 0.433 e. The number of alkyl halides is 3. The molecule has 1 aromatic heterocycles. The Bertz CT molecular complexity index is 743. The molecule has 0 aliphatic heterocycles. The molecule has 2 aromatic rings. The normalized spacial score (nSPS) is 12.7. The molecule has 1 heterocycles. The molecule has 136 valence electrons. The molecular weight excluding hydrogens is 344 g/mol. The van der Waals surface area contributed by atoms with Crippen LogP contribution in [0.3, 0.4) is 0 Å². The molecule has 0 saturated heterocycles. The number of rotatable bonds is 6. The van der Waals surface area contributed by atoms with Gasteiger partial charge in [0.2, 0.25) is 0 Å². The molecule has 0 N–H and O–H groups in total. The number of aromatic nitrogens is 2. The van der Waals surface area contributed by atoms with Crippen LogP contribution in [-0.2, 0) is 17.5 Å². The second-order valence-electron chi connectivity index (χ2n) is 5.20. The van der Waals surface area contributed by atoms with Crippen molar-refractivity contribution in [2.45, 2.75) is 32.7 Å². The molecule has 1 aromatic carbocycles. The van der Waals surface area contributed by atoms with E-state index in [0.29, 0.717) is 4.68 Å². The maximum atomic E-state index is 13.1. The first-order valence-electron chi connectivity index (χ1n) is 7.44. The number of hydrogen-bond donors (Lipinski definition) is 0. The van der Waals surface area contributed by atoms with Crippen molar-refractivity contribution >= 4 is 5.97 Å². The predicted octanol–water partition coefficient (Wildman–Crippen LogP) is 3.69. The number of hydrogen-bond acceptors (Lipinski definition) is 4. The molecule has 0 spiro atoms. The predicted molar refractivity (Wildman–Crippen MR) is 79.7 cm³/mol. The summed E-state index contributed by atoms with van der Waals surface area (Å²) < 4.78 is 63.3. The Morgan fingerprint density at radius 1 is 1.36 bits per heavy atom. The van der Waals surface area contributed by atoms with Crippen molar-refractivity contribution in [3.05, 3.63) is 47.5 Å². The zero-order valence-electron chi connectivity index (χ0n) is 13.5. The van der Waals surface area contributed by atoms with Crippen molar-refractivity contribution in [1.82, 2.24) is 9.78 Å². The van der Waals surface area contributed by atoms with Crippen molar-refractivity contribution in [2.24, 2.45) is 0 Å². The quantitative estimate of drug-likeness (QED) is 0.582. The number of carbonyl (C=O) groups excluding carboxylic acids is 1. The van der Waals surface area contributed by atoms with Gasteiger partial charge in [-0.2, -0.15) is 18.3 Å². The van der Waals surface area contributed by atoms with E-state index in [2.05, 4.69) is 5.10 Å². The fourth-order valence-corrected chi connectivity index (χ4v) is 2.12. The first-order valence-corrected chi connectivity index (χ1v) is 7.44. The average Bonchev–Trinajstić information content (AvgIpc) is 2.97. The summed E-state index contributed by atoms with van der Waals surface area (Å²) in [6, 6.07) is 5.32. The molecule has 2 rings (SSSR count). The van der Waals surface area contributed by atoms with Crippen LogP contribution in [0.15, 0.2) is 30.5 Å². The Morgan fingerprint density at radius 3 is 2.68 bits per heavy atom. The Kier molecular flexibility index (Phi) is 5.66. The van der Waals surface area contributed by atoms with Gasteiger partial charge in [-0.05, 0) is 26.0 Å². The molecule has 0 fully saturated rings. The highest BCUT2D eigenvalue weighted by molar-refractivity contribution is 5.90. The number of nitrogens with zero attached hydrogens (tertiary/aromatic N) is 2. The van der Waals surface area contributed by atoms with E-state index in [1.165, 1.54) is 32.0 Å². The zero-order chi connectivity index (χ0) is 18.6. The molecule has 0 radical (unpaired) electrons. The van der Waals surface area contributed by atoms with E-state index in [4.69, 9.17) is 9.47 Å². The first kappa shape index (κ1) is 18.8. The molecule has 9 heteroatoms. The Labute approximate surface area is 141 Å². The standard InChI is InChI=1S/C16H16F4N2O3/c1-3-22-14(16(18,19)20)13(8-21-22)15(23)25-10(2)9-24-12-6-4-5-11(17)7-12/h4-8,10H,3,9H2,1-2H3. The van der Waals surface area contributed by atoms with Crippen LogP contribution >= 0.6 is 0 Å². The van der Waals surface area contributed by atoms with Crippen molar-refractivity contribution in [1.29, 1.82) is 0 Å². The van der Waals surface area contributed by atoms with E-state index < -0.39 is 35.3 Å². The molecule has 1 atom stereocenters. The third-order valence-electron chi connectivity index (χ3n) is 3.22. The summed E-state index contributed by atoms with van der Waals surface area (Å²) >= 11 is 0. The fraction of sp³-hybridized carbons (Fsp3) is 0.375. The second-order valence-corrected chi connectivity index (χ2v) is 5.20. The second kappa shape index (κ2) is 7.54. The summed E-state index contributed by atoms with van der Waals surface area (Å²) in [7, 11) is 0. The third-order valence-corrected chi connectivity index (χ3v) is 3.22. The van der Waals surface area contributed by atoms with E-state index >= 15 is 0 Å². The van der Waals surface area contributed by atoms with Gasteiger partial charge in [-0.15, -0.1) is 0 Å². The van der Waals surface area contributed by atoms with E-state index in [1.807, 2.05) is 0 Å². The van der Waals surface area contributed by atoms with E-state index in [0.717, 1.165) is 12.3 Å². The van der Waals surface area contributed by atoms with Crippen LogP contribution in [0, 0.1) is 5.82 Å². The van der Waals surface area contributed by atoms with Crippen LogP contribution in [0.2, 0.25) is 0 Å². The van der Waals surface area contributed by atoms with E-state index in [1.54, 1.807) is 0 Å². The minimum atomic E-state index is -4.73. The van der Waals surface area contributed by atoms with Crippen molar-refractivity contribution < 1.29 is 31.8 Å². The number of halogens is 4. The van der Waals surface area contributed by atoms with Gasteiger partial charge in [-0.1, -0.05) is 6.07 Å². The van der Waals surface area contributed by atoms with Gasteiger partial charge in [-0.3, -0.25) is 4.68 Å². The maximum absolute atomic E-state index is 13.1. The van der Waals surface area contributed by atoms with Gasteiger partial charge < -0.3 is 9.47 Å². The molecule has 1 unspecified atom stereocenters. The van der Waals surface area contributed by atoms with Gasteiger partial charge in [0.1, 0.15) is 29.8 Å². The smallest absolute Gasteiger partial charge is 0.433 e. The summed E-state index contributed by atoms with van der Waals surface area (Å²) in [5.41, 5.74) is -1.81. The fourth-order valence-electron chi connectivity index (χ4n) is 2.12. The zero-order valence-corrected chi connectivity index (χ0v) is 13.5. The van der Waals surface area contributed by atoms with Gasteiger partial charge in [0.15, 0.2) is 5.69 Å². The van der Waals surface area contributed by atoms with Gasteiger partial charge >= 0.3 is 12.1 Å². The van der Waals surface area contributed by atoms with Crippen LogP contribution in [0.25, 0.3) is 0 Å². The van der Waals surface area contributed by atoms with Crippen LogP contribution in [0.4, 0.5) is 17.6 Å². The van der Waals surface area contributed by atoms with Gasteiger partial charge in [0.05, 0.1) is 6.20 Å². The first-order chi connectivity index (χ1) is 11.7. The molecule has 0 saturated carbocycles.